The van der Waals surface area contributed by atoms with Crippen LogP contribution in [0.25, 0.3) is 0 Å². The number of piperidine rings is 1. The Balaban J connectivity index is 1.08. The van der Waals surface area contributed by atoms with Crippen molar-refractivity contribution in [3.8, 4) is 11.5 Å². The maximum absolute atomic E-state index is 13.6. The molecule has 2 fully saturated rings. The number of methoxy groups -OCH3 is 2. The third-order valence-electron chi connectivity index (χ3n) is 8.74. The predicted octanol–water partition coefficient (Wildman–Crippen LogP) is 4.29. The Morgan fingerprint density at radius 3 is 2.15 bits per heavy atom. The van der Waals surface area contributed by atoms with Gasteiger partial charge in [-0.15, -0.1) is 0 Å². The number of hydrogen-bond donors (Lipinski definition) is 0. The van der Waals surface area contributed by atoms with Crippen molar-refractivity contribution in [3.63, 3.8) is 0 Å². The molecule has 0 radical (unpaired) electrons. The number of nitrogens with zero attached hydrogens (tertiary/aromatic N) is 4. The van der Waals surface area contributed by atoms with Gasteiger partial charge >= 0.3 is 0 Å². The van der Waals surface area contributed by atoms with Gasteiger partial charge in [0.25, 0.3) is 11.8 Å². The lowest BCUT2D eigenvalue weighted by atomic mass is 10.0. The number of anilines is 1. The average Bonchev–Trinajstić information content (AvgIpc) is 3.27. The van der Waals surface area contributed by atoms with Gasteiger partial charge in [-0.3, -0.25) is 24.3 Å². The van der Waals surface area contributed by atoms with E-state index in [1.54, 1.807) is 26.4 Å². The zero-order valence-corrected chi connectivity index (χ0v) is 23.9. The van der Waals surface area contributed by atoms with Crippen LogP contribution >= 0.6 is 0 Å². The molecule has 0 aliphatic carbocycles. The Morgan fingerprint density at radius 1 is 0.707 bits per heavy atom. The van der Waals surface area contributed by atoms with Crippen molar-refractivity contribution < 1.29 is 19.1 Å². The highest BCUT2D eigenvalue weighted by molar-refractivity contribution is 6.23. The fourth-order valence-corrected chi connectivity index (χ4v) is 6.50. The number of fused-ring (bicyclic) bond motifs is 1. The lowest BCUT2D eigenvalue weighted by Gasteiger charge is -2.43. The summed E-state index contributed by atoms with van der Waals surface area (Å²) in [5, 5.41) is 0. The van der Waals surface area contributed by atoms with E-state index in [0.29, 0.717) is 28.7 Å². The Morgan fingerprint density at radius 2 is 1.44 bits per heavy atom. The molecule has 6 rings (SSSR count). The Bertz CT molecular complexity index is 1400. The molecule has 3 aromatic rings. The average molecular weight is 555 g/mol. The first-order chi connectivity index (χ1) is 20.1. The third kappa shape index (κ3) is 5.54. The molecule has 2 saturated heterocycles. The number of hydrogen-bond acceptors (Lipinski definition) is 7. The van der Waals surface area contributed by atoms with Crippen LogP contribution in [-0.2, 0) is 13.1 Å². The Hall–Kier alpha value is -3.88. The van der Waals surface area contributed by atoms with Crippen LogP contribution in [0, 0.1) is 0 Å². The van der Waals surface area contributed by atoms with Gasteiger partial charge in [0.05, 0.1) is 37.6 Å². The lowest BCUT2D eigenvalue weighted by molar-refractivity contribution is 0.0642. The van der Waals surface area contributed by atoms with Gasteiger partial charge in [0, 0.05) is 38.8 Å². The molecule has 3 heterocycles. The topological polar surface area (TPSA) is 65.6 Å². The molecule has 2 amide bonds. The number of benzene rings is 3. The van der Waals surface area contributed by atoms with E-state index >= 15 is 0 Å². The zero-order chi connectivity index (χ0) is 28.3. The monoisotopic (exact) mass is 554 g/mol. The molecule has 0 N–H and O–H groups in total. The van der Waals surface area contributed by atoms with E-state index in [4.69, 9.17) is 9.47 Å². The standard InChI is InChI=1S/C33H38N4O4/c1-40-29-12-11-25(21-30(29)41-2)23-37-32(38)27-9-6-10-28(31(27)33(37)39)36-19-17-35(18-20-36)26-13-15-34(16-14-26)22-24-7-4-3-5-8-24/h3-12,21,26H,13-20,22-23H2,1-2H3. The second-order valence-electron chi connectivity index (χ2n) is 11.1. The van der Waals surface area contributed by atoms with Gasteiger partial charge in [-0.1, -0.05) is 42.5 Å². The molecule has 0 atom stereocenters. The summed E-state index contributed by atoms with van der Waals surface area (Å²) in [4.78, 5) is 35.8. The minimum atomic E-state index is -0.248. The van der Waals surface area contributed by atoms with Crippen LogP contribution in [0.15, 0.2) is 66.7 Å². The Labute approximate surface area is 242 Å². The number of ether oxygens (including phenoxy) is 2. The van der Waals surface area contributed by atoms with Gasteiger partial charge in [-0.05, 0) is 61.3 Å². The summed E-state index contributed by atoms with van der Waals surface area (Å²) in [5.74, 6) is 0.700. The van der Waals surface area contributed by atoms with E-state index in [0.717, 1.165) is 57.1 Å². The number of amides is 2. The van der Waals surface area contributed by atoms with Gasteiger partial charge in [0.1, 0.15) is 0 Å². The maximum atomic E-state index is 13.6. The van der Waals surface area contributed by atoms with Crippen LogP contribution in [0.2, 0.25) is 0 Å². The van der Waals surface area contributed by atoms with E-state index < -0.39 is 0 Å². The van der Waals surface area contributed by atoms with Gasteiger partial charge < -0.3 is 14.4 Å². The van der Waals surface area contributed by atoms with Crippen LogP contribution < -0.4 is 14.4 Å². The van der Waals surface area contributed by atoms with Crippen LogP contribution in [0.5, 0.6) is 11.5 Å². The minimum Gasteiger partial charge on any atom is -0.493 e. The van der Waals surface area contributed by atoms with E-state index in [-0.39, 0.29) is 18.4 Å². The number of rotatable bonds is 8. The molecular weight excluding hydrogens is 516 g/mol. The Kier molecular flexibility index (Phi) is 7.94. The molecule has 3 aromatic carbocycles. The third-order valence-corrected chi connectivity index (χ3v) is 8.74. The van der Waals surface area contributed by atoms with Gasteiger partial charge in [-0.25, -0.2) is 0 Å². The summed E-state index contributed by atoms with van der Waals surface area (Å²) >= 11 is 0. The van der Waals surface area contributed by atoms with Crippen molar-refractivity contribution in [2.24, 2.45) is 0 Å². The van der Waals surface area contributed by atoms with Crippen molar-refractivity contribution in [2.75, 3.05) is 58.4 Å². The molecule has 3 aliphatic heterocycles. The normalized spacial score (nSPS) is 18.6. The maximum Gasteiger partial charge on any atom is 0.263 e. The summed E-state index contributed by atoms with van der Waals surface area (Å²) in [7, 11) is 3.16. The lowest BCUT2D eigenvalue weighted by Crippen LogP contribution is -2.53. The van der Waals surface area contributed by atoms with E-state index in [1.165, 1.54) is 23.3 Å². The summed E-state index contributed by atoms with van der Waals surface area (Å²) in [6, 6.07) is 22.4. The second-order valence-corrected chi connectivity index (χ2v) is 11.1. The molecular formula is C33H38N4O4. The second kappa shape index (κ2) is 11.9. The molecule has 0 bridgehead atoms. The highest BCUT2D eigenvalue weighted by Gasteiger charge is 2.39. The number of piperazine rings is 1. The van der Waals surface area contributed by atoms with Crippen LogP contribution in [0.3, 0.4) is 0 Å². The largest absolute Gasteiger partial charge is 0.493 e. The van der Waals surface area contributed by atoms with Crippen LogP contribution in [-0.4, -0.2) is 86.0 Å². The van der Waals surface area contributed by atoms with Gasteiger partial charge in [0.15, 0.2) is 11.5 Å². The quantitative estimate of drug-likeness (QED) is 0.385. The molecule has 0 unspecified atom stereocenters. The highest BCUT2D eigenvalue weighted by Crippen LogP contribution is 2.35. The first-order valence-electron chi connectivity index (χ1n) is 14.5. The summed E-state index contributed by atoms with van der Waals surface area (Å²) in [5.41, 5.74) is 4.07. The van der Waals surface area contributed by atoms with E-state index in [9.17, 15) is 9.59 Å². The van der Waals surface area contributed by atoms with Crippen molar-refractivity contribution >= 4 is 17.5 Å². The number of likely N-dealkylation sites (tertiary alicyclic amines) is 1. The molecule has 0 aromatic heterocycles. The minimum absolute atomic E-state index is 0.183. The van der Waals surface area contributed by atoms with Crippen molar-refractivity contribution in [3.05, 3.63) is 89.0 Å². The number of imide groups is 1. The van der Waals surface area contributed by atoms with E-state index in [1.807, 2.05) is 24.3 Å². The van der Waals surface area contributed by atoms with E-state index in [2.05, 4.69) is 45.0 Å². The smallest absolute Gasteiger partial charge is 0.263 e. The molecule has 8 nitrogen and oxygen atoms in total. The number of carbonyl (C=O) groups is 2. The van der Waals surface area contributed by atoms with Crippen LogP contribution in [0.4, 0.5) is 5.69 Å². The first-order valence-corrected chi connectivity index (χ1v) is 14.5. The summed E-state index contributed by atoms with van der Waals surface area (Å²) in [6.45, 7) is 7.07. The van der Waals surface area contributed by atoms with Crippen molar-refractivity contribution in [1.29, 1.82) is 0 Å². The fraction of sp³-hybridized carbons (Fsp3) is 0.394. The number of carbonyl (C=O) groups excluding carboxylic acids is 2. The highest BCUT2D eigenvalue weighted by atomic mass is 16.5. The first kappa shape index (κ1) is 27.3. The zero-order valence-electron chi connectivity index (χ0n) is 23.9. The fourth-order valence-electron chi connectivity index (χ4n) is 6.50. The molecule has 0 saturated carbocycles. The molecule has 0 spiro atoms. The van der Waals surface area contributed by atoms with Crippen LogP contribution in [0.1, 0.15) is 44.7 Å². The SMILES string of the molecule is COc1ccc(CN2C(=O)c3cccc(N4CCN(C5CCN(Cc6ccccc6)CC5)CC4)c3C2=O)cc1OC. The molecule has 214 valence electrons. The van der Waals surface area contributed by atoms with Crippen molar-refractivity contribution in [1.82, 2.24) is 14.7 Å². The molecule has 8 heteroatoms. The molecule has 41 heavy (non-hydrogen) atoms. The van der Waals surface area contributed by atoms with Gasteiger partial charge in [0.2, 0.25) is 0 Å². The molecule has 3 aliphatic rings. The predicted molar refractivity (Wildman–Crippen MR) is 159 cm³/mol. The summed E-state index contributed by atoms with van der Waals surface area (Å²) in [6.07, 6.45) is 2.37. The van der Waals surface area contributed by atoms with Crippen molar-refractivity contribution in [2.45, 2.75) is 32.0 Å². The van der Waals surface area contributed by atoms with Gasteiger partial charge in [-0.2, -0.15) is 0 Å². The summed E-state index contributed by atoms with van der Waals surface area (Å²) < 4.78 is 10.7.